The van der Waals surface area contributed by atoms with Crippen molar-refractivity contribution in [1.29, 1.82) is 0 Å². The maximum Gasteiger partial charge on any atom is 0.281 e. The molecule has 0 bridgehead atoms. The quantitative estimate of drug-likeness (QED) is 0.542. The van der Waals surface area contributed by atoms with Crippen molar-refractivity contribution in [2.75, 3.05) is 0 Å². The number of hydrogen-bond donors (Lipinski definition) is 1. The van der Waals surface area contributed by atoms with Crippen molar-refractivity contribution < 1.29 is 4.79 Å². The number of aromatic nitrogens is 2. The second-order valence-corrected chi connectivity index (χ2v) is 7.64. The predicted molar refractivity (Wildman–Crippen MR) is 105 cm³/mol. The van der Waals surface area contributed by atoms with Gasteiger partial charge in [-0.25, -0.2) is 10.1 Å². The summed E-state index contributed by atoms with van der Waals surface area (Å²) < 4.78 is 1.66. The van der Waals surface area contributed by atoms with Crippen molar-refractivity contribution in [2.45, 2.75) is 26.2 Å². The Labute approximate surface area is 160 Å². The van der Waals surface area contributed by atoms with E-state index in [0.717, 1.165) is 24.2 Å². The van der Waals surface area contributed by atoms with Gasteiger partial charge in [-0.2, -0.15) is 10.2 Å². The Morgan fingerprint density at radius 1 is 1.35 bits per heavy atom. The molecule has 7 heteroatoms. The number of rotatable bonds is 4. The van der Waals surface area contributed by atoms with Crippen molar-refractivity contribution >= 4 is 35.1 Å². The maximum atomic E-state index is 12.3. The molecule has 26 heavy (non-hydrogen) atoms. The van der Waals surface area contributed by atoms with E-state index in [2.05, 4.69) is 15.6 Å². The Morgan fingerprint density at radius 2 is 2.15 bits per heavy atom. The SMILES string of the molecule is Cc1nn(-c2ccccc2)c(Cl)c1/C=N\NC(=O)c1cc2c(s1)CCC2. The first kappa shape index (κ1) is 17.0. The molecule has 0 fully saturated rings. The topological polar surface area (TPSA) is 59.3 Å². The standard InChI is InChI=1S/C19H17ClN4OS/c1-12-15(18(20)24(23-12)14-7-3-2-4-8-14)11-21-22-19(25)17-10-13-6-5-9-16(13)26-17/h2-4,7-8,10-11H,5-6,9H2,1H3,(H,22,25)/b21-11-. The molecule has 1 amide bonds. The second kappa shape index (κ2) is 7.05. The largest absolute Gasteiger partial charge is 0.281 e. The van der Waals surface area contributed by atoms with Crippen LogP contribution in [0.15, 0.2) is 41.5 Å². The minimum Gasteiger partial charge on any atom is -0.266 e. The summed E-state index contributed by atoms with van der Waals surface area (Å²) in [5.41, 5.74) is 6.18. The number of carbonyl (C=O) groups excluding carboxylic acids is 1. The highest BCUT2D eigenvalue weighted by Crippen LogP contribution is 2.30. The maximum absolute atomic E-state index is 12.3. The number of nitrogens with one attached hydrogen (secondary N) is 1. The van der Waals surface area contributed by atoms with Crippen LogP contribution < -0.4 is 5.43 Å². The fraction of sp³-hybridized carbons (Fsp3) is 0.211. The smallest absolute Gasteiger partial charge is 0.266 e. The molecule has 1 aromatic carbocycles. The number of aryl methyl sites for hydroxylation is 3. The summed E-state index contributed by atoms with van der Waals surface area (Å²) >= 11 is 8.00. The number of thiophene rings is 1. The molecule has 0 spiro atoms. The number of fused-ring (bicyclic) bond motifs is 1. The highest BCUT2D eigenvalue weighted by molar-refractivity contribution is 7.14. The Balaban J connectivity index is 1.50. The van der Waals surface area contributed by atoms with Gasteiger partial charge in [-0.15, -0.1) is 11.3 Å². The Morgan fingerprint density at radius 3 is 2.92 bits per heavy atom. The van der Waals surface area contributed by atoms with Crippen LogP contribution in [0.25, 0.3) is 5.69 Å². The average molecular weight is 385 g/mol. The zero-order valence-electron chi connectivity index (χ0n) is 14.2. The first-order valence-electron chi connectivity index (χ1n) is 8.39. The molecule has 3 aromatic rings. The number of para-hydroxylation sites is 1. The van der Waals surface area contributed by atoms with Gasteiger partial charge in [0.15, 0.2) is 0 Å². The molecule has 0 saturated heterocycles. The average Bonchev–Trinajstić information content (AvgIpc) is 3.31. The van der Waals surface area contributed by atoms with Crippen molar-refractivity contribution in [3.8, 4) is 5.69 Å². The van der Waals surface area contributed by atoms with Gasteiger partial charge in [0.05, 0.1) is 28.0 Å². The summed E-state index contributed by atoms with van der Waals surface area (Å²) in [6.45, 7) is 1.86. The molecule has 0 unspecified atom stereocenters. The van der Waals surface area contributed by atoms with E-state index >= 15 is 0 Å². The Hall–Kier alpha value is -2.44. The van der Waals surface area contributed by atoms with Gasteiger partial charge in [0, 0.05) is 4.88 Å². The monoisotopic (exact) mass is 384 g/mol. The number of carbonyl (C=O) groups is 1. The van der Waals surface area contributed by atoms with Gasteiger partial charge in [0.25, 0.3) is 5.91 Å². The number of hydrogen-bond acceptors (Lipinski definition) is 4. The number of hydrazone groups is 1. The third kappa shape index (κ3) is 3.18. The zero-order valence-corrected chi connectivity index (χ0v) is 15.8. The molecule has 1 N–H and O–H groups in total. The summed E-state index contributed by atoms with van der Waals surface area (Å²) in [4.78, 5) is 14.3. The molecule has 1 aliphatic carbocycles. The molecule has 4 rings (SSSR count). The Kier molecular flexibility index (Phi) is 4.61. The van der Waals surface area contributed by atoms with E-state index in [4.69, 9.17) is 11.6 Å². The summed E-state index contributed by atoms with van der Waals surface area (Å²) in [5.74, 6) is -0.190. The van der Waals surface area contributed by atoms with Gasteiger partial charge >= 0.3 is 0 Å². The lowest BCUT2D eigenvalue weighted by Crippen LogP contribution is -2.16. The van der Waals surface area contributed by atoms with Crippen LogP contribution in [0, 0.1) is 6.92 Å². The third-order valence-electron chi connectivity index (χ3n) is 4.38. The normalized spacial score (nSPS) is 13.3. The van der Waals surface area contributed by atoms with Crippen molar-refractivity contribution in [3.05, 3.63) is 68.1 Å². The molecular formula is C19H17ClN4OS. The summed E-state index contributed by atoms with van der Waals surface area (Å²) in [6.07, 6.45) is 4.87. The molecule has 0 atom stereocenters. The lowest BCUT2D eigenvalue weighted by Gasteiger charge is -2.01. The fourth-order valence-corrected chi connectivity index (χ4v) is 4.51. The lowest BCUT2D eigenvalue weighted by molar-refractivity contribution is 0.0959. The molecule has 5 nitrogen and oxygen atoms in total. The Bertz CT molecular complexity index is 969. The van der Waals surface area contributed by atoms with Gasteiger partial charge in [-0.05, 0) is 49.9 Å². The fourth-order valence-electron chi connectivity index (χ4n) is 3.05. The van der Waals surface area contributed by atoms with Crippen LogP contribution in [0.5, 0.6) is 0 Å². The van der Waals surface area contributed by atoms with E-state index in [1.807, 2.05) is 43.3 Å². The van der Waals surface area contributed by atoms with E-state index < -0.39 is 0 Å². The van der Waals surface area contributed by atoms with Gasteiger partial charge < -0.3 is 0 Å². The minimum atomic E-state index is -0.190. The van der Waals surface area contributed by atoms with Crippen LogP contribution in [0.4, 0.5) is 0 Å². The van der Waals surface area contributed by atoms with Crippen molar-refractivity contribution in [1.82, 2.24) is 15.2 Å². The molecule has 0 radical (unpaired) electrons. The number of nitrogens with zero attached hydrogens (tertiary/aromatic N) is 3. The predicted octanol–water partition coefficient (Wildman–Crippen LogP) is 4.15. The van der Waals surface area contributed by atoms with E-state index in [-0.39, 0.29) is 5.91 Å². The van der Waals surface area contributed by atoms with Crippen LogP contribution in [-0.2, 0) is 12.8 Å². The highest BCUT2D eigenvalue weighted by Gasteiger charge is 2.18. The lowest BCUT2D eigenvalue weighted by atomic mass is 10.2. The van der Waals surface area contributed by atoms with E-state index in [1.165, 1.54) is 16.9 Å². The van der Waals surface area contributed by atoms with Crippen LogP contribution in [0.3, 0.4) is 0 Å². The van der Waals surface area contributed by atoms with Gasteiger partial charge in [0.2, 0.25) is 0 Å². The molecule has 0 aliphatic heterocycles. The number of amides is 1. The minimum absolute atomic E-state index is 0.190. The van der Waals surface area contributed by atoms with Crippen LogP contribution in [0.1, 0.15) is 37.8 Å². The molecule has 2 aromatic heterocycles. The molecule has 1 aliphatic rings. The zero-order chi connectivity index (χ0) is 18.1. The third-order valence-corrected chi connectivity index (χ3v) is 5.98. The first-order valence-corrected chi connectivity index (χ1v) is 9.58. The molecule has 132 valence electrons. The highest BCUT2D eigenvalue weighted by atomic mass is 35.5. The molecular weight excluding hydrogens is 368 g/mol. The molecule has 2 heterocycles. The molecule has 0 saturated carbocycles. The summed E-state index contributed by atoms with van der Waals surface area (Å²) in [7, 11) is 0. The second-order valence-electron chi connectivity index (χ2n) is 6.15. The number of benzene rings is 1. The van der Waals surface area contributed by atoms with Crippen molar-refractivity contribution in [3.63, 3.8) is 0 Å². The number of halogens is 1. The van der Waals surface area contributed by atoms with Crippen LogP contribution >= 0.6 is 22.9 Å². The summed E-state index contributed by atoms with van der Waals surface area (Å²) in [5, 5.41) is 8.99. The van der Waals surface area contributed by atoms with Crippen LogP contribution in [-0.4, -0.2) is 21.9 Å². The van der Waals surface area contributed by atoms with E-state index in [9.17, 15) is 4.79 Å². The van der Waals surface area contributed by atoms with Crippen LogP contribution in [0.2, 0.25) is 5.15 Å². The van der Waals surface area contributed by atoms with Gasteiger partial charge in [-0.1, -0.05) is 29.8 Å². The van der Waals surface area contributed by atoms with Gasteiger partial charge in [0.1, 0.15) is 5.15 Å². The van der Waals surface area contributed by atoms with E-state index in [1.54, 1.807) is 22.2 Å². The van der Waals surface area contributed by atoms with E-state index in [0.29, 0.717) is 15.6 Å². The van der Waals surface area contributed by atoms with Crippen molar-refractivity contribution in [2.24, 2.45) is 5.10 Å². The van der Waals surface area contributed by atoms with Gasteiger partial charge in [-0.3, -0.25) is 4.79 Å². The first-order chi connectivity index (χ1) is 12.6. The summed E-state index contributed by atoms with van der Waals surface area (Å²) in [6, 6.07) is 11.6.